The first kappa shape index (κ1) is 9.86. The highest BCUT2D eigenvalue weighted by Gasteiger charge is 1.97. The Bertz CT molecular complexity index is 251. The molecule has 0 spiro atoms. The molecule has 0 aromatic heterocycles. The lowest BCUT2D eigenvalue weighted by Crippen LogP contribution is -1.99. The van der Waals surface area contributed by atoms with Crippen LogP contribution >= 0.6 is 0 Å². The van der Waals surface area contributed by atoms with E-state index in [1.807, 2.05) is 13.0 Å². The van der Waals surface area contributed by atoms with Crippen molar-refractivity contribution in [3.05, 3.63) is 23.8 Å². The van der Waals surface area contributed by atoms with Crippen molar-refractivity contribution in [3.63, 3.8) is 0 Å². The second kappa shape index (κ2) is 4.72. The molecule has 0 aliphatic carbocycles. The molecule has 0 aliphatic heterocycles. The highest BCUT2D eigenvalue weighted by Crippen LogP contribution is 2.21. The molecule has 72 valence electrons. The minimum absolute atomic E-state index is 0.123. The normalized spacial score (nSPS) is 10.0. The third kappa shape index (κ3) is 3.34. The van der Waals surface area contributed by atoms with Gasteiger partial charge in [0.15, 0.2) is 0 Å². The molecule has 1 aromatic carbocycles. The first-order chi connectivity index (χ1) is 6.22. The van der Waals surface area contributed by atoms with Crippen LogP contribution in [0.25, 0.3) is 0 Å². The van der Waals surface area contributed by atoms with Crippen molar-refractivity contribution < 1.29 is 14.9 Å². The van der Waals surface area contributed by atoms with Crippen molar-refractivity contribution >= 4 is 0 Å². The zero-order valence-corrected chi connectivity index (χ0v) is 7.66. The Hall–Kier alpha value is -1.22. The summed E-state index contributed by atoms with van der Waals surface area (Å²) in [7, 11) is 0. The summed E-state index contributed by atoms with van der Waals surface area (Å²) in [5.74, 6) is 0.852. The van der Waals surface area contributed by atoms with Crippen LogP contribution in [0.5, 0.6) is 11.5 Å². The third-order valence-electron chi connectivity index (χ3n) is 1.61. The van der Waals surface area contributed by atoms with Gasteiger partial charge < -0.3 is 14.9 Å². The van der Waals surface area contributed by atoms with Crippen molar-refractivity contribution in [2.45, 2.75) is 13.3 Å². The fourth-order valence-electron chi connectivity index (χ4n) is 1.07. The second-order valence-electron chi connectivity index (χ2n) is 2.93. The highest BCUT2D eigenvalue weighted by atomic mass is 16.5. The Morgan fingerprint density at radius 2 is 2.08 bits per heavy atom. The van der Waals surface area contributed by atoms with E-state index in [9.17, 15) is 5.11 Å². The van der Waals surface area contributed by atoms with Crippen LogP contribution in [0.2, 0.25) is 0 Å². The summed E-state index contributed by atoms with van der Waals surface area (Å²) in [6.07, 6.45) is 0.606. The SMILES string of the molecule is Cc1cc(O)cc(OCCCO)c1. The van der Waals surface area contributed by atoms with Crippen LogP contribution in [0.15, 0.2) is 18.2 Å². The van der Waals surface area contributed by atoms with Crippen LogP contribution < -0.4 is 4.74 Å². The fourth-order valence-corrected chi connectivity index (χ4v) is 1.07. The van der Waals surface area contributed by atoms with Gasteiger partial charge in [-0.3, -0.25) is 0 Å². The molecule has 0 heterocycles. The summed E-state index contributed by atoms with van der Waals surface area (Å²) in [6, 6.07) is 5.07. The van der Waals surface area contributed by atoms with Crippen LogP contribution in [-0.2, 0) is 0 Å². The standard InChI is InChI=1S/C10H14O3/c1-8-5-9(12)7-10(6-8)13-4-2-3-11/h5-7,11-12H,2-4H2,1H3. The number of aromatic hydroxyl groups is 1. The average Bonchev–Trinajstić information content (AvgIpc) is 2.03. The van der Waals surface area contributed by atoms with E-state index < -0.39 is 0 Å². The van der Waals surface area contributed by atoms with Gasteiger partial charge in [-0.25, -0.2) is 0 Å². The van der Waals surface area contributed by atoms with Crippen LogP contribution in [-0.4, -0.2) is 23.4 Å². The van der Waals surface area contributed by atoms with Gasteiger partial charge in [0.2, 0.25) is 0 Å². The average molecular weight is 182 g/mol. The third-order valence-corrected chi connectivity index (χ3v) is 1.61. The van der Waals surface area contributed by atoms with Gasteiger partial charge in [0.1, 0.15) is 11.5 Å². The van der Waals surface area contributed by atoms with E-state index >= 15 is 0 Å². The predicted octanol–water partition coefficient (Wildman–Crippen LogP) is 1.46. The second-order valence-corrected chi connectivity index (χ2v) is 2.93. The zero-order valence-electron chi connectivity index (χ0n) is 7.66. The van der Waals surface area contributed by atoms with Gasteiger partial charge in [-0.05, 0) is 24.6 Å². The number of aliphatic hydroxyl groups is 1. The van der Waals surface area contributed by atoms with Crippen LogP contribution in [0.1, 0.15) is 12.0 Å². The van der Waals surface area contributed by atoms with E-state index in [1.165, 1.54) is 0 Å². The summed E-state index contributed by atoms with van der Waals surface area (Å²) in [6.45, 7) is 2.48. The monoisotopic (exact) mass is 182 g/mol. The molecular formula is C10H14O3. The lowest BCUT2D eigenvalue weighted by atomic mass is 10.2. The number of aliphatic hydroxyl groups excluding tert-OH is 1. The zero-order chi connectivity index (χ0) is 9.68. The largest absolute Gasteiger partial charge is 0.508 e. The number of phenolic OH excluding ortho intramolecular Hbond substituents is 1. The molecule has 0 aliphatic rings. The van der Waals surface area contributed by atoms with E-state index in [1.54, 1.807) is 12.1 Å². The molecule has 13 heavy (non-hydrogen) atoms. The molecule has 3 nitrogen and oxygen atoms in total. The van der Waals surface area contributed by atoms with Gasteiger partial charge in [0.25, 0.3) is 0 Å². The molecule has 0 saturated carbocycles. The van der Waals surface area contributed by atoms with Crippen LogP contribution in [0, 0.1) is 6.92 Å². The summed E-state index contributed by atoms with van der Waals surface area (Å²) in [5, 5.41) is 17.7. The van der Waals surface area contributed by atoms with Gasteiger partial charge >= 0.3 is 0 Å². The molecule has 0 amide bonds. The van der Waals surface area contributed by atoms with Crippen molar-refractivity contribution in [1.29, 1.82) is 0 Å². The molecule has 3 heteroatoms. The summed E-state index contributed by atoms with van der Waals surface area (Å²) < 4.78 is 5.29. The number of ether oxygens (including phenoxy) is 1. The lowest BCUT2D eigenvalue weighted by Gasteiger charge is -2.06. The summed E-state index contributed by atoms with van der Waals surface area (Å²) in [4.78, 5) is 0. The van der Waals surface area contributed by atoms with E-state index in [-0.39, 0.29) is 12.4 Å². The summed E-state index contributed by atoms with van der Waals surface area (Å²) >= 11 is 0. The summed E-state index contributed by atoms with van der Waals surface area (Å²) in [5.41, 5.74) is 0.957. The number of benzene rings is 1. The number of aryl methyl sites for hydroxylation is 1. The maximum Gasteiger partial charge on any atom is 0.123 e. The van der Waals surface area contributed by atoms with E-state index in [2.05, 4.69) is 0 Å². The molecule has 0 bridgehead atoms. The number of hydrogen-bond acceptors (Lipinski definition) is 3. The number of hydrogen-bond donors (Lipinski definition) is 2. The number of rotatable bonds is 4. The molecule has 2 N–H and O–H groups in total. The van der Waals surface area contributed by atoms with E-state index in [0.29, 0.717) is 18.8 Å². The van der Waals surface area contributed by atoms with Crippen molar-refractivity contribution in [3.8, 4) is 11.5 Å². The van der Waals surface area contributed by atoms with Gasteiger partial charge in [0.05, 0.1) is 6.61 Å². The van der Waals surface area contributed by atoms with Gasteiger partial charge in [-0.1, -0.05) is 0 Å². The Morgan fingerprint density at radius 1 is 1.31 bits per heavy atom. The minimum Gasteiger partial charge on any atom is -0.508 e. The van der Waals surface area contributed by atoms with Crippen molar-refractivity contribution in [2.75, 3.05) is 13.2 Å². The topological polar surface area (TPSA) is 49.7 Å². The van der Waals surface area contributed by atoms with Gasteiger partial charge in [-0.2, -0.15) is 0 Å². The van der Waals surface area contributed by atoms with E-state index in [0.717, 1.165) is 5.56 Å². The first-order valence-corrected chi connectivity index (χ1v) is 4.26. The Balaban J connectivity index is 2.56. The molecule has 1 rings (SSSR count). The Labute approximate surface area is 77.6 Å². The van der Waals surface area contributed by atoms with E-state index in [4.69, 9.17) is 9.84 Å². The molecular weight excluding hydrogens is 168 g/mol. The highest BCUT2D eigenvalue weighted by molar-refractivity contribution is 5.36. The first-order valence-electron chi connectivity index (χ1n) is 4.26. The van der Waals surface area contributed by atoms with Crippen molar-refractivity contribution in [1.82, 2.24) is 0 Å². The maximum absolute atomic E-state index is 9.22. The smallest absolute Gasteiger partial charge is 0.123 e. The van der Waals surface area contributed by atoms with Gasteiger partial charge in [-0.15, -0.1) is 0 Å². The molecule has 0 radical (unpaired) electrons. The van der Waals surface area contributed by atoms with Crippen LogP contribution in [0.3, 0.4) is 0 Å². The Morgan fingerprint density at radius 3 is 2.69 bits per heavy atom. The van der Waals surface area contributed by atoms with Crippen LogP contribution in [0.4, 0.5) is 0 Å². The quantitative estimate of drug-likeness (QED) is 0.693. The van der Waals surface area contributed by atoms with Crippen molar-refractivity contribution in [2.24, 2.45) is 0 Å². The minimum atomic E-state index is 0.123. The molecule has 0 saturated heterocycles. The molecule has 0 unspecified atom stereocenters. The predicted molar refractivity (Wildman–Crippen MR) is 50.0 cm³/mol. The molecule has 1 aromatic rings. The van der Waals surface area contributed by atoms with Gasteiger partial charge in [0, 0.05) is 19.1 Å². The maximum atomic E-state index is 9.22. The Kier molecular flexibility index (Phi) is 3.58. The lowest BCUT2D eigenvalue weighted by molar-refractivity contribution is 0.233. The molecule has 0 fully saturated rings. The fraction of sp³-hybridized carbons (Fsp3) is 0.400. The number of phenols is 1. The molecule has 0 atom stereocenters.